The molecular formula is C29H23N3O. The first-order chi connectivity index (χ1) is 16.2. The number of furan rings is 1. The molecule has 2 atom stereocenters. The largest absolute Gasteiger partial charge is 0.438 e. The lowest BCUT2D eigenvalue weighted by Crippen LogP contribution is -2.27. The second-order valence-corrected chi connectivity index (χ2v) is 8.52. The summed E-state index contributed by atoms with van der Waals surface area (Å²) in [5.41, 5.74) is 8.47. The molecule has 6 rings (SSSR count). The Bertz CT molecular complexity index is 1540. The molecule has 2 unspecified atom stereocenters. The number of fused-ring (bicyclic) bond motifs is 8. The Morgan fingerprint density at radius 3 is 2.58 bits per heavy atom. The molecule has 0 amide bonds. The van der Waals surface area contributed by atoms with Gasteiger partial charge in [-0.15, -0.1) is 0 Å². The summed E-state index contributed by atoms with van der Waals surface area (Å²) in [6, 6.07) is 16.4. The molecule has 160 valence electrons. The van der Waals surface area contributed by atoms with Crippen molar-refractivity contribution in [2.75, 3.05) is 0 Å². The lowest BCUT2D eigenvalue weighted by atomic mass is 9.79. The number of allylic oxidation sites excluding steroid dienone is 2. The first-order valence-corrected chi connectivity index (χ1v) is 11.2. The highest BCUT2D eigenvalue weighted by Crippen LogP contribution is 2.41. The Hall–Kier alpha value is -4.05. The van der Waals surface area contributed by atoms with Crippen molar-refractivity contribution in [3.8, 4) is 0 Å². The molecule has 0 saturated heterocycles. The van der Waals surface area contributed by atoms with Gasteiger partial charge < -0.3 is 4.42 Å². The van der Waals surface area contributed by atoms with Crippen LogP contribution < -0.4 is 0 Å². The molecule has 4 nitrogen and oxygen atoms in total. The standard InChI is InChI=1S/C29H23N3O/c1-4-24-19-11-7-6-10-18(19)21-15-14-20-23(25(5-2)31-17(3)28(21)32-24)16-30-29-27(20)22-12-8-9-13-26(22)33-29/h4-13,16,21,28H,1-3,14-15H2/b31-25-. The van der Waals surface area contributed by atoms with Crippen molar-refractivity contribution in [1.82, 2.24) is 4.98 Å². The summed E-state index contributed by atoms with van der Waals surface area (Å²) in [7, 11) is 0. The predicted molar refractivity (Wildman–Crippen MR) is 135 cm³/mol. The summed E-state index contributed by atoms with van der Waals surface area (Å²) in [5.74, 6) is 0.166. The van der Waals surface area contributed by atoms with Crippen molar-refractivity contribution in [2.24, 2.45) is 9.98 Å². The van der Waals surface area contributed by atoms with Crippen molar-refractivity contribution in [1.29, 1.82) is 0 Å². The van der Waals surface area contributed by atoms with Gasteiger partial charge in [-0.1, -0.05) is 62.2 Å². The molecular weight excluding hydrogens is 406 g/mol. The van der Waals surface area contributed by atoms with Crippen molar-refractivity contribution >= 4 is 33.5 Å². The van der Waals surface area contributed by atoms with Crippen LogP contribution >= 0.6 is 0 Å². The fourth-order valence-corrected chi connectivity index (χ4v) is 5.28. The number of hydrogen-bond acceptors (Lipinski definition) is 4. The summed E-state index contributed by atoms with van der Waals surface area (Å²) >= 11 is 0. The third-order valence-corrected chi connectivity index (χ3v) is 6.78. The molecule has 0 radical (unpaired) electrons. The number of aryl methyl sites for hydroxylation is 1. The van der Waals surface area contributed by atoms with Gasteiger partial charge in [0, 0.05) is 28.6 Å². The number of para-hydroxylation sites is 1. The lowest BCUT2D eigenvalue weighted by Gasteiger charge is -2.31. The van der Waals surface area contributed by atoms with Gasteiger partial charge in [0.15, 0.2) is 0 Å². The number of rotatable bonds is 2. The SMILES string of the molecule is C=CC1=NC2C(=C)/N=C(/C=C)c3cnc4oc5ccccc5c4c3CCC2c2ccccc21. The van der Waals surface area contributed by atoms with E-state index in [1.54, 1.807) is 6.08 Å². The molecule has 4 aromatic rings. The number of aromatic nitrogens is 1. The number of aliphatic imine (C=N–C) groups is 2. The van der Waals surface area contributed by atoms with Crippen molar-refractivity contribution < 1.29 is 4.42 Å². The Kier molecular flexibility index (Phi) is 4.47. The summed E-state index contributed by atoms with van der Waals surface area (Å²) in [6.07, 6.45) is 7.21. The van der Waals surface area contributed by atoms with Crippen LogP contribution in [0.5, 0.6) is 0 Å². The zero-order chi connectivity index (χ0) is 22.5. The maximum Gasteiger partial charge on any atom is 0.227 e. The molecule has 0 saturated carbocycles. The van der Waals surface area contributed by atoms with Crippen LogP contribution in [-0.4, -0.2) is 22.4 Å². The van der Waals surface area contributed by atoms with Crippen molar-refractivity contribution in [3.63, 3.8) is 0 Å². The van der Waals surface area contributed by atoms with Crippen LogP contribution in [0.3, 0.4) is 0 Å². The van der Waals surface area contributed by atoms with Crippen LogP contribution in [0.4, 0.5) is 0 Å². The van der Waals surface area contributed by atoms with Gasteiger partial charge in [-0.2, -0.15) is 0 Å². The second kappa shape index (κ2) is 7.52. The van der Waals surface area contributed by atoms with Gasteiger partial charge in [-0.05, 0) is 42.2 Å². The monoisotopic (exact) mass is 429 g/mol. The average molecular weight is 430 g/mol. The van der Waals surface area contributed by atoms with Gasteiger partial charge in [0.25, 0.3) is 0 Å². The smallest absolute Gasteiger partial charge is 0.227 e. The Balaban J connectivity index is 1.61. The number of pyridine rings is 1. The van der Waals surface area contributed by atoms with Crippen molar-refractivity contribution in [3.05, 3.63) is 115 Å². The maximum absolute atomic E-state index is 6.08. The van der Waals surface area contributed by atoms with Crippen molar-refractivity contribution in [2.45, 2.75) is 24.8 Å². The van der Waals surface area contributed by atoms with E-state index < -0.39 is 0 Å². The predicted octanol–water partition coefficient (Wildman–Crippen LogP) is 6.56. The van der Waals surface area contributed by atoms with Gasteiger partial charge in [0.2, 0.25) is 5.71 Å². The van der Waals surface area contributed by atoms with Gasteiger partial charge in [0.1, 0.15) is 5.58 Å². The van der Waals surface area contributed by atoms with E-state index in [1.165, 1.54) is 11.1 Å². The van der Waals surface area contributed by atoms with E-state index in [4.69, 9.17) is 14.4 Å². The number of nitrogens with zero attached hydrogens (tertiary/aromatic N) is 3. The third kappa shape index (κ3) is 2.94. The molecule has 2 aliphatic heterocycles. The van der Waals surface area contributed by atoms with E-state index in [1.807, 2.05) is 30.5 Å². The number of benzene rings is 2. The topological polar surface area (TPSA) is 50.8 Å². The zero-order valence-corrected chi connectivity index (χ0v) is 18.3. The number of hydrogen-bond donors (Lipinski definition) is 0. The molecule has 33 heavy (non-hydrogen) atoms. The molecule has 2 aromatic heterocycles. The summed E-state index contributed by atoms with van der Waals surface area (Å²) in [4.78, 5) is 14.6. The van der Waals surface area contributed by atoms with Crippen LogP contribution in [0.25, 0.3) is 22.1 Å². The highest BCUT2D eigenvalue weighted by atomic mass is 16.3. The van der Waals surface area contributed by atoms with E-state index >= 15 is 0 Å². The van der Waals surface area contributed by atoms with E-state index in [9.17, 15) is 0 Å². The molecule has 0 bridgehead atoms. The maximum atomic E-state index is 6.08. The molecule has 4 heterocycles. The molecule has 0 spiro atoms. The minimum Gasteiger partial charge on any atom is -0.438 e. The molecule has 0 N–H and O–H groups in total. The summed E-state index contributed by atoms with van der Waals surface area (Å²) in [5, 5.41) is 2.13. The van der Waals surface area contributed by atoms with E-state index in [-0.39, 0.29) is 12.0 Å². The third-order valence-electron chi connectivity index (χ3n) is 6.78. The fourth-order valence-electron chi connectivity index (χ4n) is 5.28. The minimum atomic E-state index is -0.151. The summed E-state index contributed by atoms with van der Waals surface area (Å²) in [6.45, 7) is 12.4. The Morgan fingerprint density at radius 2 is 1.73 bits per heavy atom. The van der Waals surface area contributed by atoms with E-state index in [0.717, 1.165) is 57.4 Å². The summed E-state index contributed by atoms with van der Waals surface area (Å²) < 4.78 is 6.08. The van der Waals surface area contributed by atoms with Crippen LogP contribution in [0.15, 0.2) is 107 Å². The first kappa shape index (κ1) is 19.6. The van der Waals surface area contributed by atoms with Gasteiger partial charge in [0.05, 0.1) is 28.5 Å². The van der Waals surface area contributed by atoms with E-state index in [0.29, 0.717) is 5.71 Å². The zero-order valence-electron chi connectivity index (χ0n) is 18.3. The highest BCUT2D eigenvalue weighted by Gasteiger charge is 2.33. The van der Waals surface area contributed by atoms with Crippen LogP contribution in [0.1, 0.15) is 34.6 Å². The fraction of sp³-hybridized carbons (Fsp3) is 0.138. The van der Waals surface area contributed by atoms with Crippen LogP contribution in [0.2, 0.25) is 0 Å². The van der Waals surface area contributed by atoms with Crippen LogP contribution in [-0.2, 0) is 6.42 Å². The lowest BCUT2D eigenvalue weighted by molar-refractivity contribution is 0.541. The van der Waals surface area contributed by atoms with E-state index in [2.05, 4.69) is 55.1 Å². The molecule has 4 heteroatoms. The van der Waals surface area contributed by atoms with Crippen LogP contribution in [0, 0.1) is 0 Å². The first-order valence-electron chi connectivity index (χ1n) is 11.2. The van der Waals surface area contributed by atoms with Gasteiger partial charge in [-0.25, -0.2) is 4.98 Å². The Morgan fingerprint density at radius 1 is 0.939 bits per heavy atom. The quantitative estimate of drug-likeness (QED) is 0.362. The highest BCUT2D eigenvalue weighted by molar-refractivity contribution is 6.15. The normalized spacial score (nSPS) is 21.5. The Labute approximate surface area is 192 Å². The van der Waals surface area contributed by atoms with Gasteiger partial charge in [-0.3, -0.25) is 9.98 Å². The average Bonchev–Trinajstić information content (AvgIpc) is 3.25. The molecule has 2 aliphatic rings. The molecule has 2 aromatic carbocycles. The molecule has 0 aliphatic carbocycles. The van der Waals surface area contributed by atoms with Gasteiger partial charge >= 0.3 is 0 Å². The minimum absolute atomic E-state index is 0.151. The molecule has 0 fully saturated rings. The second-order valence-electron chi connectivity index (χ2n) is 8.52.